The van der Waals surface area contributed by atoms with E-state index >= 15 is 0 Å². The predicted octanol–water partition coefficient (Wildman–Crippen LogP) is 3.19. The van der Waals surface area contributed by atoms with Gasteiger partial charge < -0.3 is 10.1 Å². The molecule has 0 saturated heterocycles. The molecule has 82 valence electrons. The van der Waals surface area contributed by atoms with E-state index in [-0.39, 0.29) is 5.82 Å². The Bertz CT molecular complexity index is 334. The number of hydrogen-bond acceptors (Lipinski definition) is 2. The van der Waals surface area contributed by atoms with Crippen LogP contribution in [0.5, 0.6) is 5.75 Å². The molecule has 0 aliphatic heterocycles. The number of methoxy groups -OCH3 is 1. The highest BCUT2D eigenvalue weighted by Gasteiger charge is 2.16. The van der Waals surface area contributed by atoms with Crippen LogP contribution in [0, 0.1) is 5.82 Å². The SMILES string of the molecule is COc1ccc(F)c(NC2CCCC2)c1. The number of nitrogens with one attached hydrogen (secondary N) is 1. The summed E-state index contributed by atoms with van der Waals surface area (Å²) in [4.78, 5) is 0. The van der Waals surface area contributed by atoms with Crippen molar-refractivity contribution in [2.75, 3.05) is 12.4 Å². The maximum absolute atomic E-state index is 13.4. The normalized spacial score (nSPS) is 16.7. The highest BCUT2D eigenvalue weighted by molar-refractivity contribution is 5.50. The van der Waals surface area contributed by atoms with Crippen LogP contribution in [0.3, 0.4) is 0 Å². The second kappa shape index (κ2) is 4.51. The Hall–Kier alpha value is -1.25. The van der Waals surface area contributed by atoms with Crippen molar-refractivity contribution in [2.24, 2.45) is 0 Å². The number of benzene rings is 1. The Kier molecular flexibility index (Phi) is 3.09. The fourth-order valence-corrected chi connectivity index (χ4v) is 2.03. The summed E-state index contributed by atoms with van der Waals surface area (Å²) in [5.74, 6) is 0.486. The summed E-state index contributed by atoms with van der Waals surface area (Å²) in [7, 11) is 1.59. The number of ether oxygens (including phenoxy) is 1. The summed E-state index contributed by atoms with van der Waals surface area (Å²) in [5, 5.41) is 3.23. The molecule has 1 saturated carbocycles. The van der Waals surface area contributed by atoms with Gasteiger partial charge in [-0.15, -0.1) is 0 Å². The van der Waals surface area contributed by atoms with E-state index in [0.717, 1.165) is 12.8 Å². The Morgan fingerprint density at radius 1 is 1.33 bits per heavy atom. The van der Waals surface area contributed by atoms with Crippen molar-refractivity contribution in [1.29, 1.82) is 0 Å². The van der Waals surface area contributed by atoms with Gasteiger partial charge >= 0.3 is 0 Å². The molecule has 1 aliphatic carbocycles. The molecule has 1 N–H and O–H groups in total. The summed E-state index contributed by atoms with van der Waals surface area (Å²) in [6.07, 6.45) is 4.75. The summed E-state index contributed by atoms with van der Waals surface area (Å²) >= 11 is 0. The lowest BCUT2D eigenvalue weighted by Gasteiger charge is -2.14. The lowest BCUT2D eigenvalue weighted by Crippen LogP contribution is -2.15. The predicted molar refractivity (Wildman–Crippen MR) is 58.8 cm³/mol. The van der Waals surface area contributed by atoms with Crippen LogP contribution in [-0.2, 0) is 0 Å². The van der Waals surface area contributed by atoms with Gasteiger partial charge in [0.25, 0.3) is 0 Å². The minimum absolute atomic E-state index is 0.206. The molecule has 0 unspecified atom stereocenters. The molecule has 0 aromatic heterocycles. The Balaban J connectivity index is 2.11. The van der Waals surface area contributed by atoms with Crippen LogP contribution >= 0.6 is 0 Å². The first-order valence-electron chi connectivity index (χ1n) is 5.39. The van der Waals surface area contributed by atoms with Crippen molar-refractivity contribution in [3.8, 4) is 5.75 Å². The molecule has 0 bridgehead atoms. The van der Waals surface area contributed by atoms with Gasteiger partial charge in [0.15, 0.2) is 0 Å². The number of anilines is 1. The van der Waals surface area contributed by atoms with Gasteiger partial charge in [-0.3, -0.25) is 0 Å². The van der Waals surface area contributed by atoms with Crippen LogP contribution in [0.2, 0.25) is 0 Å². The van der Waals surface area contributed by atoms with E-state index in [2.05, 4.69) is 5.32 Å². The minimum Gasteiger partial charge on any atom is -0.497 e. The molecule has 0 heterocycles. The van der Waals surface area contributed by atoms with Crippen LogP contribution < -0.4 is 10.1 Å². The summed E-state index contributed by atoms with van der Waals surface area (Å²) < 4.78 is 18.5. The third-order valence-corrected chi connectivity index (χ3v) is 2.89. The number of halogens is 1. The van der Waals surface area contributed by atoms with Gasteiger partial charge in [-0.25, -0.2) is 4.39 Å². The zero-order valence-electron chi connectivity index (χ0n) is 8.92. The van der Waals surface area contributed by atoms with Crippen LogP contribution in [0.4, 0.5) is 10.1 Å². The quantitative estimate of drug-likeness (QED) is 0.825. The minimum atomic E-state index is -0.206. The van der Waals surface area contributed by atoms with E-state index in [1.54, 1.807) is 19.2 Å². The average Bonchev–Trinajstić information content (AvgIpc) is 2.74. The first-order chi connectivity index (χ1) is 7.29. The molecule has 0 radical (unpaired) electrons. The Morgan fingerprint density at radius 3 is 2.73 bits per heavy atom. The van der Waals surface area contributed by atoms with Crippen LogP contribution in [-0.4, -0.2) is 13.2 Å². The smallest absolute Gasteiger partial charge is 0.146 e. The van der Waals surface area contributed by atoms with Crippen molar-refractivity contribution in [1.82, 2.24) is 0 Å². The van der Waals surface area contributed by atoms with Crippen LogP contribution in [0.15, 0.2) is 18.2 Å². The summed E-state index contributed by atoms with van der Waals surface area (Å²) in [6, 6.07) is 5.21. The van der Waals surface area contributed by atoms with E-state index in [9.17, 15) is 4.39 Å². The zero-order valence-corrected chi connectivity index (χ0v) is 8.92. The standard InChI is InChI=1S/C12H16FNO/c1-15-10-6-7-11(13)12(8-10)14-9-4-2-3-5-9/h6-9,14H,2-5H2,1H3. The van der Waals surface area contributed by atoms with Crippen molar-refractivity contribution >= 4 is 5.69 Å². The summed E-state index contributed by atoms with van der Waals surface area (Å²) in [5.41, 5.74) is 0.557. The van der Waals surface area contributed by atoms with Gasteiger partial charge in [0.1, 0.15) is 11.6 Å². The van der Waals surface area contributed by atoms with Crippen LogP contribution in [0.25, 0.3) is 0 Å². The van der Waals surface area contributed by atoms with Gasteiger partial charge in [-0.1, -0.05) is 12.8 Å². The first kappa shape index (κ1) is 10.3. The third kappa shape index (κ3) is 2.41. The lowest BCUT2D eigenvalue weighted by atomic mass is 10.2. The maximum Gasteiger partial charge on any atom is 0.146 e. The number of rotatable bonds is 3. The highest BCUT2D eigenvalue weighted by Crippen LogP contribution is 2.26. The van der Waals surface area contributed by atoms with Gasteiger partial charge in [0, 0.05) is 12.1 Å². The second-order valence-electron chi connectivity index (χ2n) is 3.97. The van der Waals surface area contributed by atoms with Gasteiger partial charge in [-0.2, -0.15) is 0 Å². The third-order valence-electron chi connectivity index (χ3n) is 2.89. The van der Waals surface area contributed by atoms with Crippen molar-refractivity contribution in [3.63, 3.8) is 0 Å². The molecule has 0 atom stereocenters. The number of hydrogen-bond donors (Lipinski definition) is 1. The van der Waals surface area contributed by atoms with Crippen molar-refractivity contribution in [3.05, 3.63) is 24.0 Å². The average molecular weight is 209 g/mol. The zero-order chi connectivity index (χ0) is 10.7. The second-order valence-corrected chi connectivity index (χ2v) is 3.97. The largest absolute Gasteiger partial charge is 0.497 e. The Labute approximate surface area is 89.4 Å². The fraction of sp³-hybridized carbons (Fsp3) is 0.500. The summed E-state index contributed by atoms with van der Waals surface area (Å²) in [6.45, 7) is 0. The molecule has 2 nitrogen and oxygen atoms in total. The molecule has 1 fully saturated rings. The van der Waals surface area contributed by atoms with Crippen molar-refractivity contribution < 1.29 is 9.13 Å². The maximum atomic E-state index is 13.4. The first-order valence-corrected chi connectivity index (χ1v) is 5.39. The lowest BCUT2D eigenvalue weighted by molar-refractivity contribution is 0.414. The van der Waals surface area contributed by atoms with Gasteiger partial charge in [0.2, 0.25) is 0 Å². The van der Waals surface area contributed by atoms with Crippen molar-refractivity contribution in [2.45, 2.75) is 31.7 Å². The molecule has 15 heavy (non-hydrogen) atoms. The molecule has 0 amide bonds. The molecule has 3 heteroatoms. The monoisotopic (exact) mass is 209 g/mol. The molecular formula is C12H16FNO. The molecule has 1 aromatic rings. The molecule has 1 aliphatic rings. The topological polar surface area (TPSA) is 21.3 Å². The van der Waals surface area contributed by atoms with E-state index in [4.69, 9.17) is 4.74 Å². The molecule has 2 rings (SSSR count). The fourth-order valence-electron chi connectivity index (χ4n) is 2.03. The highest BCUT2D eigenvalue weighted by atomic mass is 19.1. The van der Waals surface area contributed by atoms with Crippen LogP contribution in [0.1, 0.15) is 25.7 Å². The van der Waals surface area contributed by atoms with Gasteiger partial charge in [0.05, 0.1) is 12.8 Å². The van der Waals surface area contributed by atoms with E-state index < -0.39 is 0 Å². The van der Waals surface area contributed by atoms with E-state index in [0.29, 0.717) is 17.5 Å². The van der Waals surface area contributed by atoms with E-state index in [1.807, 2.05) is 0 Å². The Morgan fingerprint density at radius 2 is 2.07 bits per heavy atom. The van der Waals surface area contributed by atoms with E-state index in [1.165, 1.54) is 18.9 Å². The van der Waals surface area contributed by atoms with Gasteiger partial charge in [-0.05, 0) is 25.0 Å². The molecular weight excluding hydrogens is 193 g/mol. The molecule has 0 spiro atoms. The molecule has 1 aromatic carbocycles.